The molecular weight excluding hydrogens is 154 g/mol. The first kappa shape index (κ1) is 8.67. The minimum atomic E-state index is -0.629. The van der Waals surface area contributed by atoms with Gasteiger partial charge in [-0.15, -0.1) is 0 Å². The van der Waals surface area contributed by atoms with Crippen LogP contribution in [0.2, 0.25) is 0 Å². The van der Waals surface area contributed by atoms with Gasteiger partial charge in [-0.05, 0) is 6.08 Å². The van der Waals surface area contributed by atoms with E-state index < -0.39 is 6.04 Å². The van der Waals surface area contributed by atoms with Gasteiger partial charge in [-0.25, -0.2) is 0 Å². The average molecular weight is 165 g/mol. The van der Waals surface area contributed by atoms with Gasteiger partial charge in [0.25, 0.3) is 0 Å². The molecule has 0 aromatic carbocycles. The Morgan fingerprint density at radius 1 is 1.92 bits per heavy atom. The Kier molecular flexibility index (Phi) is 2.40. The number of hydrogen-bond acceptors (Lipinski definition) is 3. The van der Waals surface area contributed by atoms with Crippen molar-refractivity contribution in [1.82, 2.24) is 9.78 Å². The maximum absolute atomic E-state index is 11.0. The van der Waals surface area contributed by atoms with E-state index in [1.54, 1.807) is 24.1 Å². The fourth-order valence-electron chi connectivity index (χ4n) is 0.892. The van der Waals surface area contributed by atoms with Crippen LogP contribution in [0.15, 0.2) is 25.0 Å². The normalized spacial score (nSPS) is 12.5. The molecule has 1 atom stereocenters. The Bertz CT molecular complexity index is 303. The number of nitrogens with two attached hydrogens (primary N) is 1. The number of aryl methyl sites for hydroxylation is 1. The Labute approximate surface area is 70.7 Å². The van der Waals surface area contributed by atoms with Crippen molar-refractivity contribution < 1.29 is 4.79 Å². The van der Waals surface area contributed by atoms with Gasteiger partial charge in [0.15, 0.2) is 5.78 Å². The third kappa shape index (κ3) is 1.60. The number of ketones is 1. The molecule has 0 saturated carbocycles. The van der Waals surface area contributed by atoms with Crippen LogP contribution in [-0.4, -0.2) is 15.6 Å². The molecule has 0 spiro atoms. The van der Waals surface area contributed by atoms with Crippen molar-refractivity contribution in [2.45, 2.75) is 6.04 Å². The predicted octanol–water partition coefficient (Wildman–Crippen LogP) is 0.175. The van der Waals surface area contributed by atoms with Crippen LogP contribution in [0.4, 0.5) is 0 Å². The SMILES string of the molecule is C=CC(=O)C(N)c1cnn(C)c1. The van der Waals surface area contributed by atoms with Gasteiger partial charge in [0, 0.05) is 18.8 Å². The first-order valence-corrected chi connectivity index (χ1v) is 3.55. The lowest BCUT2D eigenvalue weighted by molar-refractivity contribution is -0.115. The molecule has 0 aliphatic carbocycles. The van der Waals surface area contributed by atoms with Gasteiger partial charge < -0.3 is 5.73 Å². The molecule has 1 rings (SSSR count). The fraction of sp³-hybridized carbons (Fsp3) is 0.250. The number of rotatable bonds is 3. The maximum Gasteiger partial charge on any atom is 0.176 e. The average Bonchev–Trinajstić information content (AvgIpc) is 2.49. The molecule has 2 N–H and O–H groups in total. The first-order chi connectivity index (χ1) is 5.65. The van der Waals surface area contributed by atoms with Gasteiger partial charge in [0.05, 0.1) is 12.2 Å². The Hall–Kier alpha value is -1.42. The van der Waals surface area contributed by atoms with Gasteiger partial charge in [0.2, 0.25) is 0 Å². The molecule has 0 amide bonds. The second kappa shape index (κ2) is 3.32. The molecule has 1 aromatic rings. The third-order valence-corrected chi connectivity index (χ3v) is 1.59. The molecule has 12 heavy (non-hydrogen) atoms. The summed E-state index contributed by atoms with van der Waals surface area (Å²) >= 11 is 0. The van der Waals surface area contributed by atoms with Crippen LogP contribution in [0.3, 0.4) is 0 Å². The highest BCUT2D eigenvalue weighted by molar-refractivity contribution is 5.94. The molecule has 64 valence electrons. The lowest BCUT2D eigenvalue weighted by Gasteiger charge is -2.02. The molecular formula is C8H11N3O. The molecule has 4 heteroatoms. The molecule has 0 fully saturated rings. The van der Waals surface area contributed by atoms with E-state index in [1.807, 2.05) is 0 Å². The molecule has 1 unspecified atom stereocenters. The van der Waals surface area contributed by atoms with Gasteiger partial charge in [-0.2, -0.15) is 5.10 Å². The van der Waals surface area contributed by atoms with Crippen LogP contribution < -0.4 is 5.73 Å². The van der Waals surface area contributed by atoms with Crippen molar-refractivity contribution >= 4 is 5.78 Å². The van der Waals surface area contributed by atoms with Gasteiger partial charge in [0.1, 0.15) is 0 Å². The number of aromatic nitrogens is 2. The fourth-order valence-corrected chi connectivity index (χ4v) is 0.892. The zero-order valence-corrected chi connectivity index (χ0v) is 6.90. The summed E-state index contributed by atoms with van der Waals surface area (Å²) < 4.78 is 1.60. The van der Waals surface area contributed by atoms with Crippen molar-refractivity contribution in [3.05, 3.63) is 30.6 Å². The van der Waals surface area contributed by atoms with Crippen molar-refractivity contribution in [1.29, 1.82) is 0 Å². The summed E-state index contributed by atoms with van der Waals surface area (Å²) in [4.78, 5) is 11.0. The van der Waals surface area contributed by atoms with Crippen LogP contribution in [-0.2, 0) is 11.8 Å². The number of hydrogen-bond donors (Lipinski definition) is 1. The summed E-state index contributed by atoms with van der Waals surface area (Å²) in [5, 5.41) is 3.90. The largest absolute Gasteiger partial charge is 0.317 e. The quantitative estimate of drug-likeness (QED) is 0.650. The van der Waals surface area contributed by atoms with E-state index in [9.17, 15) is 4.79 Å². The Balaban J connectivity index is 2.84. The lowest BCUT2D eigenvalue weighted by Crippen LogP contribution is -2.18. The van der Waals surface area contributed by atoms with Gasteiger partial charge in [-0.1, -0.05) is 6.58 Å². The second-order valence-corrected chi connectivity index (χ2v) is 2.53. The second-order valence-electron chi connectivity index (χ2n) is 2.53. The molecule has 1 heterocycles. The van der Waals surface area contributed by atoms with Crippen molar-refractivity contribution in [3.8, 4) is 0 Å². The van der Waals surface area contributed by atoms with E-state index in [0.717, 1.165) is 0 Å². The van der Waals surface area contributed by atoms with E-state index in [4.69, 9.17) is 5.73 Å². The summed E-state index contributed by atoms with van der Waals surface area (Å²) in [6.45, 7) is 3.36. The maximum atomic E-state index is 11.0. The summed E-state index contributed by atoms with van der Waals surface area (Å²) in [5.41, 5.74) is 6.30. The topological polar surface area (TPSA) is 60.9 Å². The number of nitrogens with zero attached hydrogens (tertiary/aromatic N) is 2. The molecule has 0 aliphatic rings. The predicted molar refractivity (Wildman–Crippen MR) is 45.3 cm³/mol. The van der Waals surface area contributed by atoms with Crippen molar-refractivity contribution in [3.63, 3.8) is 0 Å². The Morgan fingerprint density at radius 3 is 3.00 bits per heavy atom. The monoisotopic (exact) mass is 165 g/mol. The van der Waals surface area contributed by atoms with Gasteiger partial charge >= 0.3 is 0 Å². The zero-order valence-electron chi connectivity index (χ0n) is 6.90. The molecule has 4 nitrogen and oxygen atoms in total. The summed E-state index contributed by atoms with van der Waals surface area (Å²) in [7, 11) is 1.77. The van der Waals surface area contributed by atoms with Gasteiger partial charge in [-0.3, -0.25) is 9.48 Å². The zero-order chi connectivity index (χ0) is 9.14. The lowest BCUT2D eigenvalue weighted by atomic mass is 10.1. The molecule has 0 aliphatic heterocycles. The molecule has 1 aromatic heterocycles. The molecule has 0 radical (unpaired) electrons. The summed E-state index contributed by atoms with van der Waals surface area (Å²) in [5.74, 6) is -0.192. The van der Waals surface area contributed by atoms with E-state index in [2.05, 4.69) is 11.7 Å². The van der Waals surface area contributed by atoms with Crippen LogP contribution >= 0.6 is 0 Å². The molecule has 0 saturated heterocycles. The van der Waals surface area contributed by atoms with Crippen LogP contribution in [0.25, 0.3) is 0 Å². The summed E-state index contributed by atoms with van der Waals surface area (Å²) in [6, 6.07) is -0.629. The minimum Gasteiger partial charge on any atom is -0.317 e. The highest BCUT2D eigenvalue weighted by Gasteiger charge is 2.13. The highest BCUT2D eigenvalue weighted by atomic mass is 16.1. The van der Waals surface area contributed by atoms with Crippen LogP contribution in [0, 0.1) is 0 Å². The summed E-state index contributed by atoms with van der Waals surface area (Å²) in [6.07, 6.45) is 4.51. The number of carbonyl (C=O) groups excluding carboxylic acids is 1. The van der Waals surface area contributed by atoms with E-state index in [1.165, 1.54) is 6.08 Å². The molecule has 0 bridgehead atoms. The van der Waals surface area contributed by atoms with Crippen molar-refractivity contribution in [2.24, 2.45) is 12.8 Å². The van der Waals surface area contributed by atoms with E-state index in [0.29, 0.717) is 5.56 Å². The standard InChI is InChI=1S/C8H11N3O/c1-3-7(12)8(9)6-4-10-11(2)5-6/h3-5,8H,1,9H2,2H3. The minimum absolute atomic E-state index is 0.192. The Morgan fingerprint density at radius 2 is 2.58 bits per heavy atom. The van der Waals surface area contributed by atoms with E-state index >= 15 is 0 Å². The van der Waals surface area contributed by atoms with E-state index in [-0.39, 0.29) is 5.78 Å². The smallest absolute Gasteiger partial charge is 0.176 e. The van der Waals surface area contributed by atoms with Crippen LogP contribution in [0.1, 0.15) is 11.6 Å². The van der Waals surface area contributed by atoms with Crippen LogP contribution in [0.5, 0.6) is 0 Å². The number of carbonyl (C=O) groups is 1. The van der Waals surface area contributed by atoms with Crippen molar-refractivity contribution in [2.75, 3.05) is 0 Å². The first-order valence-electron chi connectivity index (χ1n) is 3.55. The third-order valence-electron chi connectivity index (χ3n) is 1.59. The highest BCUT2D eigenvalue weighted by Crippen LogP contribution is 2.09.